The van der Waals surface area contributed by atoms with Crippen molar-refractivity contribution in [2.24, 2.45) is 0 Å². The summed E-state index contributed by atoms with van der Waals surface area (Å²) in [6, 6.07) is 4.33. The molecular formula is C33H34F2N8O3S. The molecule has 8 rings (SSSR count). The van der Waals surface area contributed by atoms with Crippen LogP contribution in [0.1, 0.15) is 6.92 Å². The number of hydrogen-bond acceptors (Lipinski definition) is 10. The summed E-state index contributed by atoms with van der Waals surface area (Å²) in [4.78, 5) is 34.7. The molecule has 0 spiro atoms. The van der Waals surface area contributed by atoms with E-state index in [1.54, 1.807) is 30.2 Å². The lowest BCUT2D eigenvalue weighted by Gasteiger charge is -2.36. The summed E-state index contributed by atoms with van der Waals surface area (Å²) in [6.45, 7) is 8.99. The summed E-state index contributed by atoms with van der Waals surface area (Å²) in [5.41, 5.74) is 1.68. The third-order valence-electron chi connectivity index (χ3n) is 9.47. The topological polar surface area (TPSA) is 105 Å². The number of likely N-dealkylation sites (N-methyl/N-ethyl adjacent to an activating group) is 1. The molecule has 0 atom stereocenters. The Morgan fingerprint density at radius 1 is 0.851 bits per heavy atom. The number of nitrogens with one attached hydrogen (secondary N) is 1. The van der Waals surface area contributed by atoms with Gasteiger partial charge in [-0.25, -0.2) is 8.78 Å². The van der Waals surface area contributed by atoms with Crippen molar-refractivity contribution in [3.05, 3.63) is 62.7 Å². The highest BCUT2D eigenvalue weighted by Gasteiger charge is 2.29. The molecule has 2 fully saturated rings. The highest BCUT2D eigenvalue weighted by atomic mass is 32.2. The van der Waals surface area contributed by atoms with Gasteiger partial charge in [-0.05, 0) is 32.2 Å². The first-order valence-corrected chi connectivity index (χ1v) is 16.9. The van der Waals surface area contributed by atoms with Gasteiger partial charge in [0.05, 0.1) is 32.7 Å². The lowest BCUT2D eigenvalue weighted by molar-refractivity contribution is 0.311. The van der Waals surface area contributed by atoms with E-state index in [9.17, 15) is 9.59 Å². The van der Waals surface area contributed by atoms with Gasteiger partial charge in [0.2, 0.25) is 10.9 Å². The van der Waals surface area contributed by atoms with Crippen LogP contribution >= 0.6 is 11.8 Å². The molecule has 5 aromatic rings. The van der Waals surface area contributed by atoms with E-state index in [1.165, 1.54) is 12.1 Å². The van der Waals surface area contributed by atoms with Crippen LogP contribution in [-0.2, 0) is 13.1 Å². The van der Waals surface area contributed by atoms with Crippen LogP contribution in [0.4, 0.5) is 20.2 Å². The van der Waals surface area contributed by atoms with E-state index in [0.717, 1.165) is 31.1 Å². The van der Waals surface area contributed by atoms with Gasteiger partial charge >= 0.3 is 0 Å². The van der Waals surface area contributed by atoms with Crippen LogP contribution in [0.5, 0.6) is 0 Å². The predicted octanol–water partition coefficient (Wildman–Crippen LogP) is 3.60. The van der Waals surface area contributed by atoms with Crippen LogP contribution in [0.3, 0.4) is 0 Å². The highest BCUT2D eigenvalue weighted by molar-refractivity contribution is 7.99. The largest absolute Gasteiger partial charge is 0.416 e. The molecule has 0 radical (unpaired) electrons. The number of nitrogens with zero attached hydrogens (tertiary/aromatic N) is 7. The fourth-order valence-electron chi connectivity index (χ4n) is 6.93. The Balaban J connectivity index is 1.21. The van der Waals surface area contributed by atoms with E-state index < -0.39 is 22.5 Å². The summed E-state index contributed by atoms with van der Waals surface area (Å²) in [5, 5.41) is 12.0. The minimum atomic E-state index is -0.471. The highest BCUT2D eigenvalue weighted by Crippen LogP contribution is 2.42. The number of aryl methyl sites for hydroxylation is 2. The molecule has 244 valence electrons. The second-order valence-corrected chi connectivity index (χ2v) is 13.4. The average molecular weight is 661 g/mol. The maximum atomic E-state index is 15.8. The van der Waals surface area contributed by atoms with Gasteiger partial charge in [0, 0.05) is 89.0 Å². The number of rotatable bonds is 5. The van der Waals surface area contributed by atoms with E-state index in [4.69, 9.17) is 4.42 Å². The molecule has 0 aliphatic carbocycles. The van der Waals surface area contributed by atoms with Crippen LogP contribution < -0.4 is 26.0 Å². The molecule has 47 heavy (non-hydrogen) atoms. The van der Waals surface area contributed by atoms with Gasteiger partial charge in [-0.2, -0.15) is 0 Å². The Morgan fingerprint density at radius 3 is 2.26 bits per heavy atom. The zero-order chi connectivity index (χ0) is 32.4. The maximum Gasteiger partial charge on any atom is 0.253 e. The molecule has 0 bridgehead atoms. The van der Waals surface area contributed by atoms with Crippen molar-refractivity contribution in [3.63, 3.8) is 0 Å². The Bertz CT molecular complexity index is 2170. The average Bonchev–Trinajstić information content (AvgIpc) is 3.57. The molecule has 3 aliphatic rings. The Morgan fingerprint density at radius 2 is 1.53 bits per heavy atom. The number of halogens is 2. The number of hydrogen-bond donors (Lipinski definition) is 1. The van der Waals surface area contributed by atoms with Crippen molar-refractivity contribution in [3.8, 4) is 22.9 Å². The van der Waals surface area contributed by atoms with Crippen molar-refractivity contribution in [2.45, 2.75) is 24.9 Å². The maximum absolute atomic E-state index is 15.8. The number of benzene rings is 2. The molecule has 11 nitrogen and oxygen atoms in total. The number of fused-ring (bicyclic) bond motifs is 1. The monoisotopic (exact) mass is 660 g/mol. The van der Waals surface area contributed by atoms with Crippen molar-refractivity contribution >= 4 is 44.9 Å². The minimum absolute atomic E-state index is 0.0678. The number of pyridine rings is 2. The summed E-state index contributed by atoms with van der Waals surface area (Å²) in [6.07, 6.45) is 3.33. The minimum Gasteiger partial charge on any atom is -0.416 e. The third kappa shape index (κ3) is 5.00. The second kappa shape index (κ2) is 11.8. The number of anilines is 2. The van der Waals surface area contributed by atoms with Crippen LogP contribution in [0.2, 0.25) is 0 Å². The molecule has 2 aromatic carbocycles. The number of piperazine rings is 2. The van der Waals surface area contributed by atoms with Gasteiger partial charge < -0.3 is 33.6 Å². The van der Waals surface area contributed by atoms with Crippen molar-refractivity contribution < 1.29 is 13.2 Å². The summed E-state index contributed by atoms with van der Waals surface area (Å²) < 4.78 is 41.0. The van der Waals surface area contributed by atoms with E-state index in [-0.39, 0.29) is 33.7 Å². The Labute approximate surface area is 272 Å². The van der Waals surface area contributed by atoms with Gasteiger partial charge in [0.25, 0.3) is 11.8 Å². The van der Waals surface area contributed by atoms with Gasteiger partial charge in [-0.15, -0.1) is 22.0 Å². The van der Waals surface area contributed by atoms with Crippen LogP contribution in [0.15, 0.2) is 49.5 Å². The molecule has 1 N–H and O–H groups in total. The van der Waals surface area contributed by atoms with E-state index >= 15 is 8.78 Å². The molecule has 3 aliphatic heterocycles. The Kier molecular flexibility index (Phi) is 7.53. The van der Waals surface area contributed by atoms with Gasteiger partial charge in [0.1, 0.15) is 22.8 Å². The number of aromatic nitrogens is 4. The normalized spacial score (nSPS) is 17.3. The molecule has 0 saturated carbocycles. The summed E-state index contributed by atoms with van der Waals surface area (Å²) in [7, 11) is 2.05. The first-order chi connectivity index (χ1) is 22.8. The van der Waals surface area contributed by atoms with Crippen molar-refractivity contribution in [1.82, 2.24) is 29.5 Å². The van der Waals surface area contributed by atoms with Gasteiger partial charge in [0.15, 0.2) is 0 Å². The summed E-state index contributed by atoms with van der Waals surface area (Å²) in [5.74, 6) is -0.332. The fraction of sp³-hybridized carbons (Fsp3) is 0.394. The quantitative estimate of drug-likeness (QED) is 0.301. The Hall–Kier alpha value is -4.27. The molecule has 0 unspecified atom stereocenters. The van der Waals surface area contributed by atoms with Gasteiger partial charge in [-0.1, -0.05) is 0 Å². The summed E-state index contributed by atoms with van der Waals surface area (Å²) >= 11 is 1.57. The molecular weight excluding hydrogens is 626 g/mol. The van der Waals surface area contributed by atoms with Crippen LogP contribution in [-0.4, -0.2) is 89.4 Å². The molecule has 14 heteroatoms. The van der Waals surface area contributed by atoms with E-state index in [1.807, 2.05) is 21.0 Å². The van der Waals surface area contributed by atoms with Crippen molar-refractivity contribution in [1.29, 1.82) is 0 Å². The van der Waals surface area contributed by atoms with Gasteiger partial charge in [-0.3, -0.25) is 9.59 Å². The van der Waals surface area contributed by atoms with Crippen LogP contribution in [0, 0.1) is 11.6 Å². The van der Waals surface area contributed by atoms with Crippen LogP contribution in [0.25, 0.3) is 44.7 Å². The number of thioether (sulfide) groups is 1. The fourth-order valence-corrected chi connectivity index (χ4v) is 8.15. The lowest BCUT2D eigenvalue weighted by Crippen LogP contribution is -2.45. The zero-order valence-electron chi connectivity index (χ0n) is 26.2. The lowest BCUT2D eigenvalue weighted by atomic mass is 10.1. The smallest absolute Gasteiger partial charge is 0.253 e. The molecule has 6 heterocycles. The molecule has 0 amide bonds. The van der Waals surface area contributed by atoms with E-state index in [2.05, 4.69) is 32.4 Å². The predicted molar refractivity (Wildman–Crippen MR) is 180 cm³/mol. The SMILES string of the molecule is CCn1cc(-c2nnc(-c3cn4c5c(c(N6CCN(C)CC6)c(F)cc5c3=O)SCC4)o2)c(=O)c2cc(F)c(N3CCNCC3)cc21. The first-order valence-electron chi connectivity index (χ1n) is 15.9. The third-order valence-corrected chi connectivity index (χ3v) is 10.5. The molecule has 2 saturated heterocycles. The molecule has 3 aromatic heterocycles. The zero-order valence-corrected chi connectivity index (χ0v) is 27.0. The standard InChI is InChI=1S/C33H34F2N8O3S/c1-3-40-17-21(29(44)19-14-23(34)26(16-25(19)40)41-6-4-36-5-7-41)32-37-38-33(46-32)22-18-43-12-13-47-31-27(43)20(30(22)45)15-24(35)28(31)42-10-8-39(2)9-11-42/h14-18,36H,3-13H2,1-2H3. The van der Waals surface area contributed by atoms with E-state index in [0.29, 0.717) is 67.4 Å². The first kappa shape index (κ1) is 30.1. The second-order valence-electron chi connectivity index (χ2n) is 12.3. The van der Waals surface area contributed by atoms with Crippen molar-refractivity contribution in [2.75, 3.05) is 75.0 Å².